The maximum absolute atomic E-state index is 5.91. The van der Waals surface area contributed by atoms with E-state index in [1.165, 1.54) is 5.56 Å². The third-order valence-electron chi connectivity index (χ3n) is 4.98. The number of rotatable bonds is 9. The molecule has 0 amide bonds. The monoisotopic (exact) mass is 397 g/mol. The molecule has 0 saturated carbocycles. The molecule has 3 rings (SSSR count). The highest BCUT2D eigenvalue weighted by molar-refractivity contribution is 5.80. The van der Waals surface area contributed by atoms with Gasteiger partial charge in [-0.2, -0.15) is 0 Å². The maximum atomic E-state index is 5.91. The Hall–Kier alpha value is -2.73. The summed E-state index contributed by atoms with van der Waals surface area (Å²) in [7, 11) is 3.48. The van der Waals surface area contributed by atoms with Crippen LogP contribution < -0.4 is 14.8 Å². The zero-order chi connectivity index (χ0) is 20.3. The minimum Gasteiger partial charge on any atom is -0.497 e. The summed E-state index contributed by atoms with van der Waals surface area (Å²) >= 11 is 0. The molecule has 2 aromatic carbocycles. The summed E-state index contributed by atoms with van der Waals surface area (Å²) in [4.78, 5) is 6.71. The molecule has 1 saturated heterocycles. The van der Waals surface area contributed by atoms with E-state index < -0.39 is 0 Å². The molecular formula is C23H31N3O3. The fourth-order valence-corrected chi connectivity index (χ4v) is 3.41. The Morgan fingerprint density at radius 2 is 1.86 bits per heavy atom. The molecule has 0 aliphatic carbocycles. The van der Waals surface area contributed by atoms with E-state index in [1.54, 1.807) is 7.11 Å². The quantitative estimate of drug-likeness (QED) is 0.400. The van der Waals surface area contributed by atoms with Crippen LogP contribution in [0.4, 0.5) is 0 Å². The Labute approximate surface area is 173 Å². The molecule has 1 fully saturated rings. The molecule has 0 radical (unpaired) electrons. The van der Waals surface area contributed by atoms with Gasteiger partial charge in [-0.05, 0) is 36.2 Å². The zero-order valence-corrected chi connectivity index (χ0v) is 17.3. The summed E-state index contributed by atoms with van der Waals surface area (Å²) in [6, 6.07) is 17.9. The second-order valence-corrected chi connectivity index (χ2v) is 7.10. The van der Waals surface area contributed by atoms with Crippen LogP contribution in [0.1, 0.15) is 12.0 Å². The molecule has 1 aliphatic heterocycles. The summed E-state index contributed by atoms with van der Waals surface area (Å²) in [5, 5.41) is 3.39. The van der Waals surface area contributed by atoms with E-state index in [0.717, 1.165) is 43.6 Å². The topological polar surface area (TPSA) is 55.3 Å². The van der Waals surface area contributed by atoms with Crippen molar-refractivity contribution in [3.8, 4) is 11.5 Å². The van der Waals surface area contributed by atoms with Gasteiger partial charge in [-0.25, -0.2) is 0 Å². The number of benzene rings is 2. The largest absolute Gasteiger partial charge is 0.497 e. The van der Waals surface area contributed by atoms with Gasteiger partial charge in [0.1, 0.15) is 18.1 Å². The van der Waals surface area contributed by atoms with E-state index in [1.807, 2.05) is 49.5 Å². The molecule has 0 bridgehead atoms. The average Bonchev–Trinajstić information content (AvgIpc) is 3.23. The van der Waals surface area contributed by atoms with Crippen molar-refractivity contribution in [3.63, 3.8) is 0 Å². The van der Waals surface area contributed by atoms with Gasteiger partial charge < -0.3 is 24.4 Å². The van der Waals surface area contributed by atoms with Crippen LogP contribution in [0.2, 0.25) is 0 Å². The SMILES string of the molecule is CN=C(NCCOc1ccc(OC)cc1)N1CCC(COCc2ccccc2)C1. The number of hydrogen-bond donors (Lipinski definition) is 1. The Kier molecular flexibility index (Phi) is 8.19. The molecule has 6 nitrogen and oxygen atoms in total. The number of hydrogen-bond acceptors (Lipinski definition) is 4. The second kappa shape index (κ2) is 11.3. The van der Waals surface area contributed by atoms with Gasteiger partial charge in [0.15, 0.2) is 5.96 Å². The highest BCUT2D eigenvalue weighted by Gasteiger charge is 2.24. The maximum Gasteiger partial charge on any atom is 0.193 e. The summed E-state index contributed by atoms with van der Waals surface area (Å²) in [5.41, 5.74) is 1.22. The number of nitrogens with zero attached hydrogens (tertiary/aromatic N) is 2. The number of guanidine groups is 1. The van der Waals surface area contributed by atoms with Gasteiger partial charge in [0.25, 0.3) is 0 Å². The van der Waals surface area contributed by atoms with E-state index in [2.05, 4.69) is 27.3 Å². The first-order valence-corrected chi connectivity index (χ1v) is 10.1. The summed E-state index contributed by atoms with van der Waals surface area (Å²) in [5.74, 6) is 3.12. The molecular weight excluding hydrogens is 366 g/mol. The van der Waals surface area contributed by atoms with Crippen LogP contribution in [-0.2, 0) is 11.3 Å². The van der Waals surface area contributed by atoms with Crippen LogP contribution in [0.15, 0.2) is 59.6 Å². The van der Waals surface area contributed by atoms with Crippen molar-refractivity contribution in [3.05, 3.63) is 60.2 Å². The highest BCUT2D eigenvalue weighted by atomic mass is 16.5. The van der Waals surface area contributed by atoms with E-state index in [0.29, 0.717) is 25.7 Å². The van der Waals surface area contributed by atoms with Gasteiger partial charge in [0.2, 0.25) is 0 Å². The lowest BCUT2D eigenvalue weighted by Gasteiger charge is -2.21. The van der Waals surface area contributed by atoms with Gasteiger partial charge in [0, 0.05) is 26.1 Å². The van der Waals surface area contributed by atoms with Gasteiger partial charge in [0.05, 0.1) is 26.9 Å². The van der Waals surface area contributed by atoms with Crippen LogP contribution in [0.5, 0.6) is 11.5 Å². The van der Waals surface area contributed by atoms with Gasteiger partial charge in [-0.15, -0.1) is 0 Å². The molecule has 29 heavy (non-hydrogen) atoms. The van der Waals surface area contributed by atoms with Crippen molar-refractivity contribution in [2.45, 2.75) is 13.0 Å². The van der Waals surface area contributed by atoms with E-state index in [4.69, 9.17) is 14.2 Å². The van der Waals surface area contributed by atoms with Crippen molar-refractivity contribution < 1.29 is 14.2 Å². The zero-order valence-electron chi connectivity index (χ0n) is 17.3. The molecule has 1 N–H and O–H groups in total. The van der Waals surface area contributed by atoms with Crippen LogP contribution >= 0.6 is 0 Å². The first-order valence-electron chi connectivity index (χ1n) is 10.1. The third kappa shape index (κ3) is 6.68. The van der Waals surface area contributed by atoms with Gasteiger partial charge in [-0.3, -0.25) is 4.99 Å². The lowest BCUT2D eigenvalue weighted by Crippen LogP contribution is -2.41. The van der Waals surface area contributed by atoms with Gasteiger partial charge in [-0.1, -0.05) is 30.3 Å². The van der Waals surface area contributed by atoms with E-state index in [-0.39, 0.29) is 0 Å². The normalized spacial score (nSPS) is 16.7. The molecule has 156 valence electrons. The first-order chi connectivity index (χ1) is 14.3. The lowest BCUT2D eigenvalue weighted by atomic mass is 10.1. The molecule has 1 atom stereocenters. The molecule has 1 unspecified atom stereocenters. The fourth-order valence-electron chi connectivity index (χ4n) is 3.41. The Bertz CT molecular complexity index is 750. The van der Waals surface area contributed by atoms with Crippen LogP contribution in [-0.4, -0.2) is 57.9 Å². The van der Waals surface area contributed by atoms with Crippen molar-refractivity contribution >= 4 is 5.96 Å². The lowest BCUT2D eigenvalue weighted by molar-refractivity contribution is 0.0906. The van der Waals surface area contributed by atoms with Crippen molar-refractivity contribution in [1.82, 2.24) is 10.2 Å². The summed E-state index contributed by atoms with van der Waals surface area (Å²) in [6.07, 6.45) is 1.12. The molecule has 1 aliphatic rings. The Balaban J connectivity index is 1.33. The molecule has 0 spiro atoms. The highest BCUT2D eigenvalue weighted by Crippen LogP contribution is 2.18. The van der Waals surface area contributed by atoms with Crippen LogP contribution in [0.3, 0.4) is 0 Å². The Morgan fingerprint density at radius 3 is 2.59 bits per heavy atom. The molecule has 0 aromatic heterocycles. The molecule has 6 heteroatoms. The average molecular weight is 398 g/mol. The smallest absolute Gasteiger partial charge is 0.193 e. The minimum absolute atomic E-state index is 0.535. The van der Waals surface area contributed by atoms with Crippen LogP contribution in [0, 0.1) is 5.92 Å². The number of ether oxygens (including phenoxy) is 3. The minimum atomic E-state index is 0.535. The Morgan fingerprint density at radius 1 is 1.10 bits per heavy atom. The number of methoxy groups -OCH3 is 1. The summed E-state index contributed by atoms with van der Waals surface area (Å²) < 4.78 is 16.8. The van der Waals surface area contributed by atoms with Gasteiger partial charge >= 0.3 is 0 Å². The van der Waals surface area contributed by atoms with E-state index >= 15 is 0 Å². The second-order valence-electron chi connectivity index (χ2n) is 7.10. The molecule has 1 heterocycles. The van der Waals surface area contributed by atoms with Crippen molar-refractivity contribution in [2.24, 2.45) is 10.9 Å². The van der Waals surface area contributed by atoms with E-state index in [9.17, 15) is 0 Å². The van der Waals surface area contributed by atoms with Crippen LogP contribution in [0.25, 0.3) is 0 Å². The van der Waals surface area contributed by atoms with Crippen molar-refractivity contribution in [2.75, 3.05) is 47.0 Å². The molecule has 2 aromatic rings. The predicted molar refractivity (Wildman–Crippen MR) is 116 cm³/mol. The number of likely N-dealkylation sites (tertiary alicyclic amines) is 1. The third-order valence-corrected chi connectivity index (χ3v) is 4.98. The van der Waals surface area contributed by atoms with Crippen molar-refractivity contribution in [1.29, 1.82) is 0 Å². The number of aliphatic imine (C=N–C) groups is 1. The summed E-state index contributed by atoms with van der Waals surface area (Å²) in [6.45, 7) is 4.69. The fraction of sp³-hybridized carbons (Fsp3) is 0.435. The first kappa shape index (κ1) is 21.0. The number of nitrogens with one attached hydrogen (secondary N) is 1. The standard InChI is InChI=1S/C23H31N3O3/c1-24-23(25-13-15-29-22-10-8-21(27-2)9-11-22)26-14-12-20(16-26)18-28-17-19-6-4-3-5-7-19/h3-11,20H,12-18H2,1-2H3,(H,24,25). The predicted octanol–water partition coefficient (Wildman–Crippen LogP) is 3.19.